The first-order chi connectivity index (χ1) is 5.22. The highest BCUT2D eigenvalue weighted by molar-refractivity contribution is 5.84. The molecule has 3 nitrogen and oxygen atoms in total. The summed E-state index contributed by atoms with van der Waals surface area (Å²) in [6.07, 6.45) is 0. The summed E-state index contributed by atoms with van der Waals surface area (Å²) in [6.45, 7) is 8.08. The van der Waals surface area contributed by atoms with Crippen LogP contribution in [0.15, 0.2) is 15.2 Å². The summed E-state index contributed by atoms with van der Waals surface area (Å²) in [5.74, 6) is 1.18. The summed E-state index contributed by atoms with van der Waals surface area (Å²) in [5, 5.41) is 7.44. The van der Waals surface area contributed by atoms with Gasteiger partial charge in [-0.25, -0.2) is 0 Å². The maximum Gasteiger partial charge on any atom is 0.148 e. The molecule has 0 radical (unpaired) electrons. The molecular formula is C8H19N3. The van der Waals surface area contributed by atoms with Gasteiger partial charge in [0.2, 0.25) is 0 Å². The summed E-state index contributed by atoms with van der Waals surface area (Å²) in [4.78, 5) is 3.93. The third kappa shape index (κ3) is 7.16. The lowest BCUT2D eigenvalue weighted by atomic mass is 10.2. The average molecular weight is 157 g/mol. The summed E-state index contributed by atoms with van der Waals surface area (Å²) < 4.78 is 0. The van der Waals surface area contributed by atoms with Gasteiger partial charge in [-0.2, -0.15) is 5.11 Å². The fraction of sp³-hybridized carbons (Fsp3) is 0.875. The van der Waals surface area contributed by atoms with Crippen molar-refractivity contribution in [2.75, 3.05) is 14.1 Å². The van der Waals surface area contributed by atoms with Crippen molar-refractivity contribution < 1.29 is 0 Å². The molecule has 0 aliphatic carbocycles. The van der Waals surface area contributed by atoms with Crippen LogP contribution in [0.3, 0.4) is 0 Å². The molecule has 0 heterocycles. The molecule has 0 aliphatic rings. The number of nitrogens with zero attached hydrogens (tertiary/aromatic N) is 3. The lowest BCUT2D eigenvalue weighted by Crippen LogP contribution is -2.02. The molecule has 0 atom stereocenters. The molecule has 0 N–H and O–H groups in total. The van der Waals surface area contributed by atoms with Gasteiger partial charge in [-0.1, -0.05) is 27.7 Å². The normalized spacial score (nSPS) is 11.7. The van der Waals surface area contributed by atoms with Gasteiger partial charge in [0.05, 0.1) is 0 Å². The van der Waals surface area contributed by atoms with Crippen LogP contribution in [0.25, 0.3) is 0 Å². The lowest BCUT2D eigenvalue weighted by molar-refractivity contribution is 0.857. The van der Waals surface area contributed by atoms with E-state index >= 15 is 0 Å². The minimum atomic E-state index is 0.374. The molecule has 0 rings (SSSR count). The highest BCUT2D eigenvalue weighted by Gasteiger charge is 1.99. The Balaban J connectivity index is 0. The van der Waals surface area contributed by atoms with Crippen molar-refractivity contribution in [1.82, 2.24) is 0 Å². The predicted octanol–water partition coefficient (Wildman–Crippen LogP) is 2.78. The van der Waals surface area contributed by atoms with Crippen LogP contribution in [0.2, 0.25) is 0 Å². The van der Waals surface area contributed by atoms with Crippen LogP contribution >= 0.6 is 0 Å². The summed E-state index contributed by atoms with van der Waals surface area (Å²) in [7, 11) is 3.37. The van der Waals surface area contributed by atoms with Gasteiger partial charge in [-0.05, 0) is 0 Å². The van der Waals surface area contributed by atoms with Gasteiger partial charge in [0, 0.05) is 20.0 Å². The zero-order chi connectivity index (χ0) is 9.28. The highest BCUT2D eigenvalue weighted by Crippen LogP contribution is 1.97. The zero-order valence-electron chi connectivity index (χ0n) is 8.42. The maximum absolute atomic E-state index is 3.93. The molecule has 3 heteroatoms. The van der Waals surface area contributed by atoms with Gasteiger partial charge in [0.1, 0.15) is 5.84 Å². The second kappa shape index (κ2) is 9.27. The Morgan fingerprint density at radius 3 is 1.64 bits per heavy atom. The van der Waals surface area contributed by atoms with Crippen molar-refractivity contribution in [3.05, 3.63) is 0 Å². The van der Waals surface area contributed by atoms with E-state index in [9.17, 15) is 0 Å². The van der Waals surface area contributed by atoms with Crippen LogP contribution in [0.4, 0.5) is 0 Å². The largest absolute Gasteiger partial charge is 0.272 e. The summed E-state index contributed by atoms with van der Waals surface area (Å²) in [5.41, 5.74) is 0. The van der Waals surface area contributed by atoms with Crippen molar-refractivity contribution in [1.29, 1.82) is 0 Å². The van der Waals surface area contributed by atoms with Crippen LogP contribution in [0, 0.1) is 5.92 Å². The van der Waals surface area contributed by atoms with E-state index in [1.807, 2.05) is 27.7 Å². The van der Waals surface area contributed by atoms with E-state index < -0.39 is 0 Å². The van der Waals surface area contributed by atoms with Crippen molar-refractivity contribution in [2.24, 2.45) is 21.1 Å². The number of aliphatic imine (C=N–C) groups is 1. The molecule has 0 aromatic rings. The van der Waals surface area contributed by atoms with Gasteiger partial charge >= 0.3 is 0 Å². The van der Waals surface area contributed by atoms with Crippen LogP contribution in [-0.2, 0) is 0 Å². The third-order valence-electron chi connectivity index (χ3n) is 0.948. The van der Waals surface area contributed by atoms with Gasteiger partial charge < -0.3 is 0 Å². The Morgan fingerprint density at radius 2 is 1.55 bits per heavy atom. The molecule has 0 aromatic heterocycles. The van der Waals surface area contributed by atoms with E-state index in [0.717, 1.165) is 5.84 Å². The second-order valence-corrected chi connectivity index (χ2v) is 2.04. The van der Waals surface area contributed by atoms with Gasteiger partial charge in [-0.3, -0.25) is 4.99 Å². The fourth-order valence-corrected chi connectivity index (χ4v) is 0.521. The molecule has 11 heavy (non-hydrogen) atoms. The number of hydrogen-bond acceptors (Lipinski definition) is 2. The molecule has 0 unspecified atom stereocenters. The van der Waals surface area contributed by atoms with Crippen LogP contribution < -0.4 is 0 Å². The molecule has 0 saturated heterocycles. The summed E-state index contributed by atoms with van der Waals surface area (Å²) >= 11 is 0. The maximum atomic E-state index is 3.93. The Bertz CT molecular complexity index is 125. The van der Waals surface area contributed by atoms with Crippen molar-refractivity contribution >= 4 is 5.84 Å². The van der Waals surface area contributed by atoms with Gasteiger partial charge in [0.15, 0.2) is 0 Å². The van der Waals surface area contributed by atoms with Crippen LogP contribution in [0.5, 0.6) is 0 Å². The van der Waals surface area contributed by atoms with Crippen molar-refractivity contribution in [3.8, 4) is 0 Å². The molecule has 0 saturated carbocycles. The Labute approximate surface area is 69.6 Å². The molecule has 0 amide bonds. The quantitative estimate of drug-likeness (QED) is 0.319. The van der Waals surface area contributed by atoms with Gasteiger partial charge in [0.25, 0.3) is 0 Å². The predicted molar refractivity (Wildman–Crippen MR) is 50.3 cm³/mol. The standard InChI is InChI=1S/C6H13N3.C2H6/c1-5(2)6(7-3)9-8-4;1-2/h5H,1-4H3;1-2H3. The Hall–Kier alpha value is -0.730. The number of azo groups is 1. The average Bonchev–Trinajstić information content (AvgIpc) is 2.03. The van der Waals surface area contributed by atoms with E-state index in [1.165, 1.54) is 0 Å². The van der Waals surface area contributed by atoms with Crippen LogP contribution in [-0.4, -0.2) is 19.9 Å². The molecule has 0 spiro atoms. The fourth-order valence-electron chi connectivity index (χ4n) is 0.521. The Morgan fingerprint density at radius 1 is 1.09 bits per heavy atom. The second-order valence-electron chi connectivity index (χ2n) is 2.04. The molecular weight excluding hydrogens is 138 g/mol. The number of hydrogen-bond donors (Lipinski definition) is 0. The van der Waals surface area contributed by atoms with Gasteiger partial charge in [-0.15, -0.1) is 5.11 Å². The van der Waals surface area contributed by atoms with E-state index in [0.29, 0.717) is 5.92 Å². The Kier molecular flexibility index (Phi) is 10.9. The molecule has 0 aromatic carbocycles. The molecule has 0 bridgehead atoms. The monoisotopic (exact) mass is 157 g/mol. The minimum absolute atomic E-state index is 0.374. The van der Waals surface area contributed by atoms with E-state index in [1.54, 1.807) is 14.1 Å². The van der Waals surface area contributed by atoms with E-state index in [-0.39, 0.29) is 0 Å². The first-order valence-corrected chi connectivity index (χ1v) is 3.99. The summed E-state index contributed by atoms with van der Waals surface area (Å²) in [6, 6.07) is 0. The SMILES string of the molecule is CC.CN=NC(=NC)C(C)C. The number of rotatable bonds is 1. The molecule has 66 valence electrons. The molecule has 0 fully saturated rings. The third-order valence-corrected chi connectivity index (χ3v) is 0.948. The molecule has 0 aliphatic heterocycles. The van der Waals surface area contributed by atoms with Crippen molar-refractivity contribution in [2.45, 2.75) is 27.7 Å². The minimum Gasteiger partial charge on any atom is -0.272 e. The van der Waals surface area contributed by atoms with Crippen molar-refractivity contribution in [3.63, 3.8) is 0 Å². The van der Waals surface area contributed by atoms with Crippen LogP contribution in [0.1, 0.15) is 27.7 Å². The highest BCUT2D eigenvalue weighted by atomic mass is 15.1. The first-order valence-electron chi connectivity index (χ1n) is 3.99. The topological polar surface area (TPSA) is 37.1 Å². The van der Waals surface area contributed by atoms with E-state index in [2.05, 4.69) is 15.2 Å². The smallest absolute Gasteiger partial charge is 0.148 e. The number of amidine groups is 1. The first kappa shape index (κ1) is 12.9. The van der Waals surface area contributed by atoms with E-state index in [4.69, 9.17) is 0 Å². The zero-order valence-corrected chi connectivity index (χ0v) is 8.42. The lowest BCUT2D eigenvalue weighted by Gasteiger charge is -1.98.